The number of carboxylic acids is 1. The quantitative estimate of drug-likeness (QED) is 0.848. The van der Waals surface area contributed by atoms with E-state index in [0.717, 1.165) is 7.11 Å². The summed E-state index contributed by atoms with van der Waals surface area (Å²) in [4.78, 5) is 14.0. The number of carboxylic acid groups (broad SMARTS) is 1. The van der Waals surface area contributed by atoms with Crippen LogP contribution in [0.2, 0.25) is 0 Å². The summed E-state index contributed by atoms with van der Waals surface area (Å²) in [6.45, 7) is -1.30. The van der Waals surface area contributed by atoms with Gasteiger partial charge in [0.05, 0.1) is 7.11 Å². The summed E-state index contributed by atoms with van der Waals surface area (Å²) >= 11 is 0. The van der Waals surface area contributed by atoms with Crippen LogP contribution >= 0.6 is 0 Å². The zero-order valence-corrected chi connectivity index (χ0v) is 8.92. The summed E-state index contributed by atoms with van der Waals surface area (Å²) in [6.07, 6.45) is -5.02. The van der Waals surface area contributed by atoms with Crippen LogP contribution < -0.4 is 9.47 Å². The van der Waals surface area contributed by atoms with E-state index >= 15 is 0 Å². The van der Waals surface area contributed by atoms with Crippen LogP contribution in [0.25, 0.3) is 0 Å². The molecule has 5 nitrogen and oxygen atoms in total. The van der Waals surface area contributed by atoms with Crippen LogP contribution in [0.4, 0.5) is 17.6 Å². The largest absolute Gasteiger partial charge is 0.573 e. The van der Waals surface area contributed by atoms with Gasteiger partial charge in [-0.1, -0.05) is 0 Å². The van der Waals surface area contributed by atoms with E-state index in [9.17, 15) is 22.4 Å². The second kappa shape index (κ2) is 5.07. The number of pyridine rings is 1. The van der Waals surface area contributed by atoms with Crippen molar-refractivity contribution in [3.63, 3.8) is 0 Å². The maximum atomic E-state index is 12.5. The van der Waals surface area contributed by atoms with Gasteiger partial charge >= 0.3 is 12.3 Å². The molecule has 1 aromatic heterocycles. The van der Waals surface area contributed by atoms with Crippen LogP contribution in [0.3, 0.4) is 0 Å². The van der Waals surface area contributed by atoms with Crippen LogP contribution in [-0.2, 0) is 6.67 Å². The van der Waals surface area contributed by atoms with Crippen LogP contribution in [0.5, 0.6) is 11.6 Å². The third kappa shape index (κ3) is 3.22. The Morgan fingerprint density at radius 1 is 1.50 bits per heavy atom. The van der Waals surface area contributed by atoms with Crippen molar-refractivity contribution in [1.82, 2.24) is 4.98 Å². The number of methoxy groups -OCH3 is 1. The summed E-state index contributed by atoms with van der Waals surface area (Å²) in [6, 6.07) is 0.586. The highest BCUT2D eigenvalue weighted by Gasteiger charge is 2.33. The van der Waals surface area contributed by atoms with E-state index in [1.54, 1.807) is 0 Å². The van der Waals surface area contributed by atoms with Crippen molar-refractivity contribution in [3.05, 3.63) is 17.3 Å². The molecule has 0 aliphatic carbocycles. The summed E-state index contributed by atoms with van der Waals surface area (Å²) in [5.74, 6) is -3.18. The molecule has 18 heavy (non-hydrogen) atoms. The van der Waals surface area contributed by atoms with E-state index in [2.05, 4.69) is 14.5 Å². The van der Waals surface area contributed by atoms with E-state index in [-0.39, 0.29) is 0 Å². The number of hydrogen-bond acceptors (Lipinski definition) is 4. The predicted molar refractivity (Wildman–Crippen MR) is 49.2 cm³/mol. The minimum absolute atomic E-state index is 0.539. The minimum atomic E-state index is -5.02. The number of aromatic carboxylic acids is 1. The van der Waals surface area contributed by atoms with Gasteiger partial charge in [-0.05, 0) is 6.07 Å². The van der Waals surface area contributed by atoms with E-state index in [0.29, 0.717) is 6.07 Å². The lowest BCUT2D eigenvalue weighted by Gasteiger charge is -2.13. The smallest absolute Gasteiger partial charge is 0.478 e. The van der Waals surface area contributed by atoms with Crippen molar-refractivity contribution in [1.29, 1.82) is 0 Å². The van der Waals surface area contributed by atoms with Crippen LogP contribution in [0.15, 0.2) is 6.07 Å². The lowest BCUT2D eigenvalue weighted by molar-refractivity contribution is -0.275. The maximum Gasteiger partial charge on any atom is 0.573 e. The van der Waals surface area contributed by atoms with Gasteiger partial charge in [-0.25, -0.2) is 14.2 Å². The Balaban J connectivity index is 3.30. The molecule has 0 spiro atoms. The Morgan fingerprint density at radius 2 is 2.11 bits per heavy atom. The molecule has 0 bridgehead atoms. The molecule has 1 aromatic rings. The van der Waals surface area contributed by atoms with E-state index in [4.69, 9.17) is 5.11 Å². The van der Waals surface area contributed by atoms with E-state index < -0.39 is 41.9 Å². The third-order valence-electron chi connectivity index (χ3n) is 1.80. The van der Waals surface area contributed by atoms with E-state index in [1.807, 2.05) is 0 Å². The second-order valence-electron chi connectivity index (χ2n) is 2.99. The normalized spacial score (nSPS) is 11.2. The Bertz CT molecular complexity index is 461. The second-order valence-corrected chi connectivity index (χ2v) is 2.99. The Labute approximate surface area is 98.0 Å². The first kappa shape index (κ1) is 14.0. The van der Waals surface area contributed by atoms with Gasteiger partial charge in [0.25, 0.3) is 5.88 Å². The van der Waals surface area contributed by atoms with Crippen molar-refractivity contribution in [2.75, 3.05) is 7.11 Å². The van der Waals surface area contributed by atoms with Crippen molar-refractivity contribution >= 4 is 5.97 Å². The number of aromatic nitrogens is 1. The Morgan fingerprint density at radius 3 is 2.50 bits per heavy atom. The summed E-state index contributed by atoms with van der Waals surface area (Å²) in [5, 5.41) is 8.69. The zero-order valence-electron chi connectivity index (χ0n) is 8.92. The number of nitrogens with zero attached hydrogens (tertiary/aromatic N) is 1. The Hall–Kier alpha value is -2.06. The molecule has 9 heteroatoms. The molecule has 1 N–H and O–H groups in total. The number of halogens is 4. The molecular formula is C9H7F4NO4. The first-order valence-corrected chi connectivity index (χ1v) is 4.41. The number of hydrogen-bond donors (Lipinski definition) is 1. The predicted octanol–water partition coefficient (Wildman–Crippen LogP) is 2.16. The fraction of sp³-hybridized carbons (Fsp3) is 0.333. The molecule has 100 valence electrons. The van der Waals surface area contributed by atoms with Gasteiger partial charge in [0.1, 0.15) is 6.67 Å². The van der Waals surface area contributed by atoms with Crippen molar-refractivity contribution < 1.29 is 36.9 Å². The first-order valence-electron chi connectivity index (χ1n) is 4.41. The average Bonchev–Trinajstić information content (AvgIpc) is 2.25. The molecular weight excluding hydrogens is 262 g/mol. The topological polar surface area (TPSA) is 68.7 Å². The van der Waals surface area contributed by atoms with Gasteiger partial charge in [-0.3, -0.25) is 0 Å². The highest BCUT2D eigenvalue weighted by atomic mass is 19.4. The van der Waals surface area contributed by atoms with Gasteiger partial charge in [0.15, 0.2) is 11.4 Å². The monoisotopic (exact) mass is 269 g/mol. The molecule has 1 rings (SSSR count). The van der Waals surface area contributed by atoms with Gasteiger partial charge in [-0.15, -0.1) is 13.2 Å². The zero-order chi connectivity index (χ0) is 13.9. The van der Waals surface area contributed by atoms with Crippen molar-refractivity contribution in [2.24, 2.45) is 0 Å². The fourth-order valence-corrected chi connectivity index (χ4v) is 1.15. The molecule has 1 heterocycles. The van der Waals surface area contributed by atoms with Gasteiger partial charge in [0, 0.05) is 5.56 Å². The van der Waals surface area contributed by atoms with Crippen LogP contribution in [0, 0.1) is 0 Å². The summed E-state index contributed by atoms with van der Waals surface area (Å²) < 4.78 is 56.6. The Kier molecular flexibility index (Phi) is 3.94. The van der Waals surface area contributed by atoms with E-state index in [1.165, 1.54) is 0 Å². The number of alkyl halides is 4. The summed E-state index contributed by atoms with van der Waals surface area (Å²) in [5.41, 5.74) is -1.27. The van der Waals surface area contributed by atoms with Crippen LogP contribution in [-0.4, -0.2) is 29.5 Å². The van der Waals surface area contributed by atoms with Gasteiger partial charge in [0.2, 0.25) is 0 Å². The van der Waals surface area contributed by atoms with Crippen LogP contribution in [0.1, 0.15) is 16.1 Å². The molecule has 0 amide bonds. The van der Waals surface area contributed by atoms with Crippen molar-refractivity contribution in [3.8, 4) is 11.6 Å². The lowest BCUT2D eigenvalue weighted by Crippen LogP contribution is -2.19. The highest BCUT2D eigenvalue weighted by Crippen LogP contribution is 2.32. The third-order valence-corrected chi connectivity index (χ3v) is 1.80. The lowest BCUT2D eigenvalue weighted by atomic mass is 10.2. The van der Waals surface area contributed by atoms with Gasteiger partial charge < -0.3 is 14.6 Å². The molecule has 0 atom stereocenters. The average molecular weight is 269 g/mol. The SMILES string of the molecule is COc1nc(C(=O)O)c(CF)cc1OC(F)(F)F. The summed E-state index contributed by atoms with van der Waals surface area (Å²) in [7, 11) is 0.978. The minimum Gasteiger partial charge on any atom is -0.478 e. The number of ether oxygens (including phenoxy) is 2. The molecule has 0 saturated carbocycles. The number of rotatable bonds is 4. The highest BCUT2D eigenvalue weighted by molar-refractivity contribution is 5.87. The molecule has 0 aliphatic heterocycles. The van der Waals surface area contributed by atoms with Gasteiger partial charge in [-0.2, -0.15) is 0 Å². The molecule has 0 unspecified atom stereocenters. The molecule has 0 aromatic carbocycles. The molecule has 0 radical (unpaired) electrons. The van der Waals surface area contributed by atoms with Crippen molar-refractivity contribution in [2.45, 2.75) is 13.0 Å². The fourth-order valence-electron chi connectivity index (χ4n) is 1.15. The number of carbonyl (C=O) groups is 1. The molecule has 0 aliphatic rings. The molecule has 0 fully saturated rings. The standard InChI is InChI=1S/C9H7F4NO4/c1-17-7-5(18-9(11,12)13)2-4(3-10)6(14-7)8(15)16/h2H,3H2,1H3,(H,15,16). The maximum absolute atomic E-state index is 12.5. The molecule has 0 saturated heterocycles. The first-order chi connectivity index (χ1) is 8.28.